The Bertz CT molecular complexity index is 979. The first-order chi connectivity index (χ1) is 12.6. The highest BCUT2D eigenvalue weighted by molar-refractivity contribution is 6.11. The molecule has 0 bridgehead atoms. The molecule has 3 aromatic rings. The second kappa shape index (κ2) is 6.46. The van der Waals surface area contributed by atoms with Gasteiger partial charge < -0.3 is 20.4 Å². The quantitative estimate of drug-likeness (QED) is 0.658. The Labute approximate surface area is 150 Å². The zero-order chi connectivity index (χ0) is 18.3. The van der Waals surface area contributed by atoms with Crippen LogP contribution in [0.25, 0.3) is 22.3 Å². The largest absolute Gasteiger partial charge is 0.455 e. The second-order valence-corrected chi connectivity index (χ2v) is 6.43. The molecule has 1 amide bonds. The fourth-order valence-corrected chi connectivity index (χ4v) is 3.42. The maximum Gasteiger partial charge on any atom is 0.255 e. The third-order valence-corrected chi connectivity index (χ3v) is 4.78. The lowest BCUT2D eigenvalue weighted by molar-refractivity contribution is 0.0964. The molecule has 4 rings (SSSR count). The number of carbonyl (C=O) groups excluding carboxylic acids is 1. The van der Waals surface area contributed by atoms with E-state index in [1.807, 2.05) is 12.1 Å². The smallest absolute Gasteiger partial charge is 0.255 e. The van der Waals surface area contributed by atoms with Gasteiger partial charge >= 0.3 is 0 Å². The molecule has 0 saturated carbocycles. The van der Waals surface area contributed by atoms with E-state index in [-0.39, 0.29) is 17.8 Å². The van der Waals surface area contributed by atoms with E-state index in [2.05, 4.69) is 22.9 Å². The Morgan fingerprint density at radius 1 is 1.23 bits per heavy atom. The van der Waals surface area contributed by atoms with Gasteiger partial charge in [-0.2, -0.15) is 0 Å². The van der Waals surface area contributed by atoms with E-state index in [0.29, 0.717) is 22.5 Å². The molecular formula is C20H20FN3O2. The van der Waals surface area contributed by atoms with Gasteiger partial charge in [-0.3, -0.25) is 4.79 Å². The van der Waals surface area contributed by atoms with Gasteiger partial charge in [0.1, 0.15) is 17.2 Å². The molecular weight excluding hydrogens is 333 g/mol. The Balaban J connectivity index is 1.98. The molecule has 0 aliphatic carbocycles. The number of hydrogen-bond acceptors (Lipinski definition) is 4. The number of anilines is 1. The minimum absolute atomic E-state index is 0.158. The van der Waals surface area contributed by atoms with Gasteiger partial charge in [0.25, 0.3) is 5.91 Å². The fourth-order valence-electron chi connectivity index (χ4n) is 3.42. The predicted molar refractivity (Wildman–Crippen MR) is 99.9 cm³/mol. The van der Waals surface area contributed by atoms with Crippen LogP contribution in [-0.2, 0) is 0 Å². The van der Waals surface area contributed by atoms with Crippen LogP contribution in [0, 0.1) is 5.82 Å². The average Bonchev–Trinajstić information content (AvgIpc) is 2.92. The molecule has 1 aliphatic heterocycles. The zero-order valence-corrected chi connectivity index (χ0v) is 14.7. The van der Waals surface area contributed by atoms with Gasteiger partial charge in [-0.1, -0.05) is 0 Å². The summed E-state index contributed by atoms with van der Waals surface area (Å²) in [5.41, 5.74) is 3.84. The summed E-state index contributed by atoms with van der Waals surface area (Å²) in [6.07, 6.45) is 0. The zero-order valence-electron chi connectivity index (χ0n) is 14.7. The van der Waals surface area contributed by atoms with E-state index in [0.717, 1.165) is 29.7 Å². The van der Waals surface area contributed by atoms with Gasteiger partial charge in [0, 0.05) is 48.9 Å². The molecule has 134 valence electrons. The van der Waals surface area contributed by atoms with Crippen molar-refractivity contribution in [2.75, 3.05) is 25.5 Å². The highest BCUT2D eigenvalue weighted by atomic mass is 19.1. The van der Waals surface area contributed by atoms with Gasteiger partial charge in [-0.25, -0.2) is 4.39 Å². The predicted octanol–water partition coefficient (Wildman–Crippen LogP) is 3.67. The minimum Gasteiger partial charge on any atom is -0.455 e. The van der Waals surface area contributed by atoms with Gasteiger partial charge in [-0.15, -0.1) is 0 Å². The standard InChI is InChI=1S/C20H20FN3O2/c1-11-14-9-15-17(10-16(14)24-8-7-23-11)26-19(18(15)20(25)22-2)12-3-5-13(21)6-4-12/h3-6,9-11,23-24H,7-8H2,1-2H3,(H,22,25). The Kier molecular flexibility index (Phi) is 4.12. The van der Waals surface area contributed by atoms with Crippen molar-refractivity contribution in [2.45, 2.75) is 13.0 Å². The van der Waals surface area contributed by atoms with Crippen LogP contribution in [-0.4, -0.2) is 26.0 Å². The Morgan fingerprint density at radius 3 is 2.73 bits per heavy atom. The van der Waals surface area contributed by atoms with Crippen molar-refractivity contribution in [2.24, 2.45) is 0 Å². The lowest BCUT2D eigenvalue weighted by Gasteiger charge is -2.13. The lowest BCUT2D eigenvalue weighted by atomic mass is 9.99. The molecule has 0 saturated heterocycles. The van der Waals surface area contributed by atoms with Crippen molar-refractivity contribution in [3.63, 3.8) is 0 Å². The van der Waals surface area contributed by atoms with E-state index in [9.17, 15) is 9.18 Å². The van der Waals surface area contributed by atoms with Crippen LogP contribution in [0.15, 0.2) is 40.8 Å². The number of rotatable bonds is 2. The molecule has 0 radical (unpaired) electrons. The van der Waals surface area contributed by atoms with Gasteiger partial charge in [0.05, 0.1) is 5.56 Å². The fraction of sp³-hybridized carbons (Fsp3) is 0.250. The summed E-state index contributed by atoms with van der Waals surface area (Å²) in [6, 6.07) is 10.1. The maximum absolute atomic E-state index is 13.3. The monoisotopic (exact) mass is 353 g/mol. The van der Waals surface area contributed by atoms with Crippen molar-refractivity contribution in [3.8, 4) is 11.3 Å². The van der Waals surface area contributed by atoms with Crippen molar-refractivity contribution < 1.29 is 13.6 Å². The lowest BCUT2D eigenvalue weighted by Crippen LogP contribution is -2.20. The average molecular weight is 353 g/mol. The van der Waals surface area contributed by atoms with Crippen molar-refractivity contribution in [1.82, 2.24) is 10.6 Å². The number of benzene rings is 2. The molecule has 5 nitrogen and oxygen atoms in total. The normalized spacial score (nSPS) is 16.7. The molecule has 2 aromatic carbocycles. The molecule has 26 heavy (non-hydrogen) atoms. The summed E-state index contributed by atoms with van der Waals surface area (Å²) in [6.45, 7) is 3.77. The van der Waals surface area contributed by atoms with E-state index in [1.54, 1.807) is 19.2 Å². The molecule has 1 aromatic heterocycles. The third-order valence-electron chi connectivity index (χ3n) is 4.78. The summed E-state index contributed by atoms with van der Waals surface area (Å²) in [5.74, 6) is -0.118. The molecule has 1 aliphatic rings. The molecule has 0 fully saturated rings. The third kappa shape index (κ3) is 2.72. The number of amides is 1. The van der Waals surface area contributed by atoms with E-state index < -0.39 is 0 Å². The van der Waals surface area contributed by atoms with Crippen LogP contribution in [0.2, 0.25) is 0 Å². The van der Waals surface area contributed by atoms with Crippen LogP contribution >= 0.6 is 0 Å². The van der Waals surface area contributed by atoms with Crippen LogP contribution in [0.5, 0.6) is 0 Å². The van der Waals surface area contributed by atoms with E-state index in [4.69, 9.17) is 4.42 Å². The second-order valence-electron chi connectivity index (χ2n) is 6.43. The number of furan rings is 1. The maximum atomic E-state index is 13.3. The van der Waals surface area contributed by atoms with Crippen LogP contribution in [0.3, 0.4) is 0 Å². The highest BCUT2D eigenvalue weighted by Crippen LogP contribution is 2.38. The Hall–Kier alpha value is -2.86. The molecule has 1 atom stereocenters. The number of nitrogens with one attached hydrogen (secondary N) is 3. The van der Waals surface area contributed by atoms with Gasteiger partial charge in [0.2, 0.25) is 0 Å². The summed E-state index contributed by atoms with van der Waals surface area (Å²) < 4.78 is 19.3. The van der Waals surface area contributed by atoms with Crippen LogP contribution in [0.4, 0.5) is 10.1 Å². The van der Waals surface area contributed by atoms with E-state index in [1.165, 1.54) is 12.1 Å². The first-order valence-electron chi connectivity index (χ1n) is 8.64. The first-order valence-corrected chi connectivity index (χ1v) is 8.64. The number of fused-ring (bicyclic) bond motifs is 2. The summed E-state index contributed by atoms with van der Waals surface area (Å²) >= 11 is 0. The topological polar surface area (TPSA) is 66.3 Å². The van der Waals surface area contributed by atoms with Crippen LogP contribution < -0.4 is 16.0 Å². The minimum atomic E-state index is -0.331. The number of hydrogen-bond donors (Lipinski definition) is 3. The molecule has 3 N–H and O–H groups in total. The summed E-state index contributed by atoms with van der Waals surface area (Å²) in [4.78, 5) is 12.6. The summed E-state index contributed by atoms with van der Waals surface area (Å²) in [5, 5.41) is 10.3. The summed E-state index contributed by atoms with van der Waals surface area (Å²) in [7, 11) is 1.59. The van der Waals surface area contributed by atoms with Crippen molar-refractivity contribution in [1.29, 1.82) is 0 Å². The van der Waals surface area contributed by atoms with Crippen molar-refractivity contribution >= 4 is 22.6 Å². The molecule has 1 unspecified atom stereocenters. The SMILES string of the molecule is CNC(=O)c1c(-c2ccc(F)cc2)oc2cc3c(cc12)C(C)NCCN3. The van der Waals surface area contributed by atoms with E-state index >= 15 is 0 Å². The molecule has 2 heterocycles. The first kappa shape index (κ1) is 16.6. The molecule has 6 heteroatoms. The number of carbonyl (C=O) groups is 1. The van der Waals surface area contributed by atoms with Gasteiger partial charge in [0.15, 0.2) is 0 Å². The number of halogens is 1. The molecule has 0 spiro atoms. The van der Waals surface area contributed by atoms with Crippen LogP contribution in [0.1, 0.15) is 28.9 Å². The highest BCUT2D eigenvalue weighted by Gasteiger charge is 2.24. The Morgan fingerprint density at radius 2 is 2.00 bits per heavy atom. The van der Waals surface area contributed by atoms with Crippen molar-refractivity contribution in [3.05, 3.63) is 53.3 Å². The van der Waals surface area contributed by atoms with Gasteiger partial charge in [-0.05, 0) is 42.8 Å².